The summed E-state index contributed by atoms with van der Waals surface area (Å²) >= 11 is 0. The average Bonchev–Trinajstić information content (AvgIpc) is 2.90. The molecule has 2 unspecified atom stereocenters. The molecule has 1 aromatic rings. The van der Waals surface area contributed by atoms with Crippen LogP contribution in [0.3, 0.4) is 0 Å². The first kappa shape index (κ1) is 29.0. The third kappa shape index (κ3) is 8.33. The lowest BCUT2D eigenvalue weighted by Gasteiger charge is -2.35. The van der Waals surface area contributed by atoms with E-state index >= 15 is 0 Å². The zero-order chi connectivity index (χ0) is 24.1. The van der Waals surface area contributed by atoms with Crippen LogP contribution in [0.25, 0.3) is 0 Å². The summed E-state index contributed by atoms with van der Waals surface area (Å²) in [5.74, 6) is 0.124. The maximum absolute atomic E-state index is 12.9. The van der Waals surface area contributed by atoms with E-state index in [0.717, 1.165) is 5.56 Å². The number of carbonyl (C=O) groups excluding carboxylic acids is 2. The number of ether oxygens (including phenoxy) is 2. The summed E-state index contributed by atoms with van der Waals surface area (Å²) in [6, 6.07) is 6.83. The Balaban J connectivity index is 0.00000544. The molecule has 186 valence electrons. The van der Waals surface area contributed by atoms with E-state index in [2.05, 4.69) is 15.6 Å². The van der Waals surface area contributed by atoms with Crippen LogP contribution in [-0.4, -0.2) is 59.4 Å². The van der Waals surface area contributed by atoms with Gasteiger partial charge in [-0.2, -0.15) is 0 Å². The van der Waals surface area contributed by atoms with Crippen molar-refractivity contribution in [2.45, 2.75) is 78.5 Å². The lowest BCUT2D eigenvalue weighted by atomic mass is 10.1. The van der Waals surface area contributed by atoms with Gasteiger partial charge >= 0.3 is 6.09 Å². The van der Waals surface area contributed by atoms with E-state index in [-0.39, 0.29) is 36.1 Å². The molecule has 0 radical (unpaired) electrons. The molecule has 33 heavy (non-hydrogen) atoms. The Morgan fingerprint density at radius 1 is 1.27 bits per heavy atom. The predicted octanol–water partition coefficient (Wildman–Crippen LogP) is 3.22. The molecule has 2 rings (SSSR count). The van der Waals surface area contributed by atoms with Gasteiger partial charge in [-0.25, -0.2) is 9.79 Å². The molecule has 1 fully saturated rings. The molecule has 1 aromatic carbocycles. The SMILES string of the molecule is CCNC(=NCc1cccc(C(N)=O)c1)NCC1C(C)OC(C)(C)N1C(=O)OC(C)(C)C.I. The van der Waals surface area contributed by atoms with Crippen molar-refractivity contribution in [2.24, 2.45) is 10.7 Å². The molecule has 1 heterocycles. The van der Waals surface area contributed by atoms with Crippen molar-refractivity contribution in [2.75, 3.05) is 13.1 Å². The normalized spacial score (nSPS) is 20.1. The number of hydrogen-bond donors (Lipinski definition) is 3. The number of aliphatic imine (C=N–C) groups is 1. The largest absolute Gasteiger partial charge is 0.444 e. The summed E-state index contributed by atoms with van der Waals surface area (Å²) in [6.45, 7) is 14.6. The molecule has 0 saturated carbocycles. The van der Waals surface area contributed by atoms with Gasteiger partial charge in [0.2, 0.25) is 5.91 Å². The Morgan fingerprint density at radius 3 is 2.52 bits per heavy atom. The third-order valence-corrected chi connectivity index (χ3v) is 4.97. The Bertz CT molecular complexity index is 853. The fraction of sp³-hybridized carbons (Fsp3) is 0.609. The number of nitrogens with two attached hydrogens (primary N) is 1. The highest BCUT2D eigenvalue weighted by Gasteiger charge is 2.49. The first-order valence-electron chi connectivity index (χ1n) is 10.9. The number of carbonyl (C=O) groups is 2. The van der Waals surface area contributed by atoms with Crippen molar-refractivity contribution in [1.82, 2.24) is 15.5 Å². The standard InChI is InChI=1S/C23H37N5O4.HI/c1-8-25-20(26-13-16-10-9-11-17(12-16)19(24)29)27-14-18-15(2)31-23(6,7)28(18)21(30)32-22(3,4)5;/h9-12,15,18H,8,13-14H2,1-7H3,(H2,24,29)(H2,25,26,27);1H. The highest BCUT2D eigenvalue weighted by Crippen LogP contribution is 2.33. The van der Waals surface area contributed by atoms with Crippen LogP contribution in [0.15, 0.2) is 29.3 Å². The van der Waals surface area contributed by atoms with Crippen LogP contribution in [-0.2, 0) is 16.0 Å². The fourth-order valence-corrected chi connectivity index (χ4v) is 3.66. The van der Waals surface area contributed by atoms with E-state index in [1.54, 1.807) is 23.1 Å². The maximum atomic E-state index is 12.9. The first-order chi connectivity index (χ1) is 14.8. The van der Waals surface area contributed by atoms with E-state index in [4.69, 9.17) is 15.2 Å². The van der Waals surface area contributed by atoms with Gasteiger partial charge in [0.15, 0.2) is 5.96 Å². The van der Waals surface area contributed by atoms with Crippen molar-refractivity contribution >= 4 is 41.9 Å². The topological polar surface area (TPSA) is 118 Å². The monoisotopic (exact) mass is 575 g/mol. The molecule has 0 aromatic heterocycles. The summed E-state index contributed by atoms with van der Waals surface area (Å²) in [5, 5.41) is 6.51. The molecule has 2 atom stereocenters. The van der Waals surface area contributed by atoms with Gasteiger partial charge in [0.1, 0.15) is 11.3 Å². The molecule has 9 nitrogen and oxygen atoms in total. The van der Waals surface area contributed by atoms with Crippen LogP contribution in [0.2, 0.25) is 0 Å². The minimum absolute atomic E-state index is 0. The zero-order valence-corrected chi connectivity index (χ0v) is 22.9. The van der Waals surface area contributed by atoms with Gasteiger partial charge in [-0.1, -0.05) is 12.1 Å². The van der Waals surface area contributed by atoms with Crippen molar-refractivity contribution in [3.8, 4) is 0 Å². The molecule has 1 aliphatic rings. The van der Waals surface area contributed by atoms with Crippen LogP contribution >= 0.6 is 24.0 Å². The van der Waals surface area contributed by atoms with Crippen molar-refractivity contribution in [3.05, 3.63) is 35.4 Å². The number of hydrogen-bond acceptors (Lipinski definition) is 5. The van der Waals surface area contributed by atoms with Gasteiger partial charge in [0.05, 0.1) is 18.7 Å². The molecule has 10 heteroatoms. The van der Waals surface area contributed by atoms with Crippen molar-refractivity contribution in [3.63, 3.8) is 0 Å². The summed E-state index contributed by atoms with van der Waals surface area (Å²) in [5.41, 5.74) is 5.28. The van der Waals surface area contributed by atoms with Crippen LogP contribution in [0.4, 0.5) is 4.79 Å². The zero-order valence-electron chi connectivity index (χ0n) is 20.6. The van der Waals surface area contributed by atoms with Gasteiger partial charge in [-0.3, -0.25) is 9.69 Å². The molecule has 2 amide bonds. The lowest BCUT2D eigenvalue weighted by molar-refractivity contribution is -0.0755. The number of primary amides is 1. The average molecular weight is 575 g/mol. The van der Waals surface area contributed by atoms with Gasteiger partial charge in [0, 0.05) is 18.7 Å². The van der Waals surface area contributed by atoms with Gasteiger partial charge in [-0.05, 0) is 66.2 Å². The number of nitrogens with one attached hydrogen (secondary N) is 2. The number of amides is 2. The Morgan fingerprint density at radius 2 is 1.94 bits per heavy atom. The molecular weight excluding hydrogens is 537 g/mol. The minimum atomic E-state index is -0.793. The number of rotatable bonds is 6. The Hall–Kier alpha value is -2.08. The summed E-state index contributed by atoms with van der Waals surface area (Å²) in [6.07, 6.45) is -0.607. The van der Waals surface area contributed by atoms with E-state index in [0.29, 0.717) is 31.2 Å². The molecule has 1 saturated heterocycles. The molecule has 4 N–H and O–H groups in total. The lowest BCUT2D eigenvalue weighted by Crippen LogP contribution is -2.54. The van der Waals surface area contributed by atoms with Crippen molar-refractivity contribution in [1.29, 1.82) is 0 Å². The summed E-state index contributed by atoms with van der Waals surface area (Å²) in [7, 11) is 0. The minimum Gasteiger partial charge on any atom is -0.444 e. The van der Waals surface area contributed by atoms with Crippen LogP contribution < -0.4 is 16.4 Å². The number of guanidine groups is 1. The molecule has 0 bridgehead atoms. The summed E-state index contributed by atoms with van der Waals surface area (Å²) in [4.78, 5) is 30.6. The molecular formula is C23H38IN5O4. The highest BCUT2D eigenvalue weighted by atomic mass is 127. The molecule has 0 aliphatic carbocycles. The van der Waals surface area contributed by atoms with Gasteiger partial charge < -0.3 is 25.8 Å². The Kier molecular flexibility index (Phi) is 10.4. The summed E-state index contributed by atoms with van der Waals surface area (Å²) < 4.78 is 11.7. The van der Waals surface area contributed by atoms with E-state index < -0.39 is 23.3 Å². The van der Waals surface area contributed by atoms with Crippen molar-refractivity contribution < 1.29 is 19.1 Å². The second-order valence-corrected chi connectivity index (χ2v) is 9.33. The van der Waals surface area contributed by atoms with E-state index in [9.17, 15) is 9.59 Å². The number of halogens is 1. The molecule has 0 spiro atoms. The molecule has 1 aliphatic heterocycles. The third-order valence-electron chi connectivity index (χ3n) is 4.97. The quantitative estimate of drug-likeness (QED) is 0.273. The smallest absolute Gasteiger partial charge is 0.412 e. The Labute approximate surface area is 213 Å². The first-order valence-corrected chi connectivity index (χ1v) is 10.9. The van der Waals surface area contributed by atoms with Crippen LogP contribution in [0.5, 0.6) is 0 Å². The second-order valence-electron chi connectivity index (χ2n) is 9.33. The van der Waals surface area contributed by atoms with Gasteiger partial charge in [-0.15, -0.1) is 24.0 Å². The number of benzene rings is 1. The van der Waals surface area contributed by atoms with E-state index in [1.165, 1.54) is 0 Å². The number of nitrogens with zero attached hydrogens (tertiary/aromatic N) is 2. The van der Waals surface area contributed by atoms with Gasteiger partial charge in [0.25, 0.3) is 0 Å². The maximum Gasteiger partial charge on any atom is 0.412 e. The van der Waals surface area contributed by atoms with Crippen LogP contribution in [0, 0.1) is 0 Å². The van der Waals surface area contributed by atoms with Crippen LogP contribution in [0.1, 0.15) is 64.4 Å². The van der Waals surface area contributed by atoms with E-state index in [1.807, 2.05) is 54.5 Å². The second kappa shape index (κ2) is 11.9. The fourth-order valence-electron chi connectivity index (χ4n) is 3.66. The predicted molar refractivity (Wildman–Crippen MR) is 140 cm³/mol. The highest BCUT2D eigenvalue weighted by molar-refractivity contribution is 14.0.